The number of aryl methyl sites for hydroxylation is 1. The van der Waals surface area contributed by atoms with Gasteiger partial charge in [-0.05, 0) is 42.5 Å². The molecule has 1 atom stereocenters. The van der Waals surface area contributed by atoms with Crippen LogP contribution in [0.4, 0.5) is 0 Å². The van der Waals surface area contributed by atoms with E-state index in [-0.39, 0.29) is 0 Å². The lowest BCUT2D eigenvalue weighted by molar-refractivity contribution is 0.207. The van der Waals surface area contributed by atoms with Gasteiger partial charge in [0.25, 0.3) is 0 Å². The van der Waals surface area contributed by atoms with Gasteiger partial charge in [-0.25, -0.2) is 0 Å². The molecule has 0 aliphatic carbocycles. The standard InChI is InChI=1S/C24H28N2/c1-3-9-23(24-18(2)25-22-13-8-7-12-21(22)24)26-16-14-20(15-17-26)19-10-5-4-6-11-19/h4-8,10-14,23,25H,3,9,15-17H2,1-2H3. The average molecular weight is 345 g/mol. The van der Waals surface area contributed by atoms with Gasteiger partial charge < -0.3 is 4.98 Å². The number of hydrogen-bond acceptors (Lipinski definition) is 1. The molecule has 0 saturated heterocycles. The number of H-pyrrole nitrogens is 1. The molecule has 3 aromatic rings. The molecule has 2 aromatic carbocycles. The number of aromatic nitrogens is 1. The van der Waals surface area contributed by atoms with Crippen LogP contribution in [0.15, 0.2) is 60.7 Å². The van der Waals surface area contributed by atoms with Crippen LogP contribution in [0.3, 0.4) is 0 Å². The van der Waals surface area contributed by atoms with Gasteiger partial charge in [0.15, 0.2) is 0 Å². The monoisotopic (exact) mass is 344 g/mol. The molecule has 0 bridgehead atoms. The van der Waals surface area contributed by atoms with Crippen LogP contribution in [0.5, 0.6) is 0 Å². The summed E-state index contributed by atoms with van der Waals surface area (Å²) in [5, 5.41) is 1.39. The zero-order valence-corrected chi connectivity index (χ0v) is 15.8. The van der Waals surface area contributed by atoms with Gasteiger partial charge in [-0.2, -0.15) is 0 Å². The summed E-state index contributed by atoms with van der Waals surface area (Å²) in [5.41, 5.74) is 6.95. The van der Waals surface area contributed by atoms with Crippen LogP contribution >= 0.6 is 0 Å². The second-order valence-corrected chi connectivity index (χ2v) is 7.35. The molecule has 0 radical (unpaired) electrons. The maximum absolute atomic E-state index is 3.60. The minimum atomic E-state index is 0.490. The van der Waals surface area contributed by atoms with E-state index in [0.29, 0.717) is 6.04 Å². The SMILES string of the molecule is CCCC(c1c(C)[nH]c2ccccc12)N1CC=C(c2ccccc2)CC1. The predicted molar refractivity (Wildman–Crippen MR) is 111 cm³/mol. The molecule has 1 N–H and O–H groups in total. The van der Waals surface area contributed by atoms with Crippen LogP contribution in [-0.4, -0.2) is 23.0 Å². The van der Waals surface area contributed by atoms with Crippen molar-refractivity contribution >= 4 is 16.5 Å². The number of fused-ring (bicyclic) bond motifs is 1. The Hall–Kier alpha value is -2.32. The summed E-state index contributed by atoms with van der Waals surface area (Å²) in [4.78, 5) is 6.26. The van der Waals surface area contributed by atoms with Crippen LogP contribution in [0.25, 0.3) is 16.5 Å². The number of rotatable bonds is 5. The van der Waals surface area contributed by atoms with Gasteiger partial charge in [0.1, 0.15) is 0 Å². The highest BCUT2D eigenvalue weighted by Gasteiger charge is 2.26. The first-order valence-corrected chi connectivity index (χ1v) is 9.83. The summed E-state index contributed by atoms with van der Waals surface area (Å²) in [7, 11) is 0. The molecule has 2 heteroatoms. The zero-order valence-electron chi connectivity index (χ0n) is 15.8. The van der Waals surface area contributed by atoms with Crippen LogP contribution in [0.1, 0.15) is 49.0 Å². The van der Waals surface area contributed by atoms with Crippen molar-refractivity contribution in [2.75, 3.05) is 13.1 Å². The summed E-state index contributed by atoms with van der Waals surface area (Å²) in [6.07, 6.45) is 5.98. The highest BCUT2D eigenvalue weighted by Crippen LogP contribution is 2.36. The summed E-state index contributed by atoms with van der Waals surface area (Å²) < 4.78 is 0. The topological polar surface area (TPSA) is 19.0 Å². The van der Waals surface area contributed by atoms with E-state index in [1.807, 2.05) is 0 Å². The quantitative estimate of drug-likeness (QED) is 0.592. The molecular weight excluding hydrogens is 316 g/mol. The third-order valence-electron chi connectivity index (χ3n) is 5.66. The number of nitrogens with zero attached hydrogens (tertiary/aromatic N) is 1. The molecule has 26 heavy (non-hydrogen) atoms. The van der Waals surface area contributed by atoms with Gasteiger partial charge in [-0.15, -0.1) is 0 Å². The third kappa shape index (κ3) is 3.22. The molecule has 0 amide bonds. The van der Waals surface area contributed by atoms with E-state index in [9.17, 15) is 0 Å². The van der Waals surface area contributed by atoms with Crippen LogP contribution < -0.4 is 0 Å². The van der Waals surface area contributed by atoms with Crippen molar-refractivity contribution in [3.8, 4) is 0 Å². The molecule has 1 aromatic heterocycles. The molecule has 134 valence electrons. The van der Waals surface area contributed by atoms with Crippen molar-refractivity contribution in [1.82, 2.24) is 9.88 Å². The van der Waals surface area contributed by atoms with E-state index in [4.69, 9.17) is 0 Å². The number of para-hydroxylation sites is 1. The largest absolute Gasteiger partial charge is 0.358 e. The summed E-state index contributed by atoms with van der Waals surface area (Å²) in [5.74, 6) is 0. The van der Waals surface area contributed by atoms with E-state index >= 15 is 0 Å². The Bertz CT molecular complexity index is 904. The van der Waals surface area contributed by atoms with Crippen LogP contribution in [0.2, 0.25) is 0 Å². The van der Waals surface area contributed by atoms with E-state index in [1.165, 1.54) is 46.1 Å². The fraction of sp³-hybridized carbons (Fsp3) is 0.333. The Morgan fingerprint density at radius 3 is 2.54 bits per heavy atom. The first kappa shape index (κ1) is 17.1. The Morgan fingerprint density at radius 2 is 1.81 bits per heavy atom. The third-order valence-corrected chi connectivity index (χ3v) is 5.66. The van der Waals surface area contributed by atoms with Crippen molar-refractivity contribution in [3.05, 3.63) is 77.5 Å². The Balaban J connectivity index is 1.64. The normalized spacial score (nSPS) is 16.6. The van der Waals surface area contributed by atoms with Crippen molar-refractivity contribution in [3.63, 3.8) is 0 Å². The fourth-order valence-corrected chi connectivity index (χ4v) is 4.39. The highest BCUT2D eigenvalue weighted by atomic mass is 15.2. The maximum Gasteiger partial charge on any atom is 0.0459 e. The summed E-state index contributed by atoms with van der Waals surface area (Å²) >= 11 is 0. The lowest BCUT2D eigenvalue weighted by Crippen LogP contribution is -2.33. The first-order chi connectivity index (χ1) is 12.8. The molecule has 1 aliphatic rings. The van der Waals surface area contributed by atoms with E-state index < -0.39 is 0 Å². The Kier molecular flexibility index (Phi) is 4.94. The molecule has 2 heterocycles. The van der Waals surface area contributed by atoms with Crippen molar-refractivity contribution in [2.24, 2.45) is 0 Å². The molecule has 4 rings (SSSR count). The molecule has 0 fully saturated rings. The van der Waals surface area contributed by atoms with Crippen molar-refractivity contribution in [2.45, 2.75) is 39.2 Å². The number of benzene rings is 2. The van der Waals surface area contributed by atoms with E-state index in [1.54, 1.807) is 0 Å². The second kappa shape index (κ2) is 7.51. The summed E-state index contributed by atoms with van der Waals surface area (Å²) in [6, 6.07) is 20.1. The molecule has 2 nitrogen and oxygen atoms in total. The van der Waals surface area contributed by atoms with Crippen molar-refractivity contribution in [1.29, 1.82) is 0 Å². The number of aromatic amines is 1. The number of nitrogens with one attached hydrogen (secondary N) is 1. The predicted octanol–water partition coefficient (Wildman–Crippen LogP) is 6.11. The Labute approximate surface area is 156 Å². The second-order valence-electron chi connectivity index (χ2n) is 7.35. The van der Waals surface area contributed by atoms with Gasteiger partial charge in [-0.1, -0.05) is 68.0 Å². The van der Waals surface area contributed by atoms with Gasteiger partial charge in [0.2, 0.25) is 0 Å². The lowest BCUT2D eigenvalue weighted by Gasteiger charge is -2.34. The maximum atomic E-state index is 3.60. The molecular formula is C24H28N2. The molecule has 1 aliphatic heterocycles. The van der Waals surface area contributed by atoms with Gasteiger partial charge in [-0.3, -0.25) is 4.90 Å². The minimum absolute atomic E-state index is 0.490. The van der Waals surface area contributed by atoms with Crippen LogP contribution in [-0.2, 0) is 0 Å². The zero-order chi connectivity index (χ0) is 17.9. The highest BCUT2D eigenvalue weighted by molar-refractivity contribution is 5.85. The van der Waals surface area contributed by atoms with E-state index in [0.717, 1.165) is 19.5 Å². The van der Waals surface area contributed by atoms with E-state index in [2.05, 4.69) is 84.4 Å². The van der Waals surface area contributed by atoms with Gasteiger partial charge in [0.05, 0.1) is 0 Å². The minimum Gasteiger partial charge on any atom is -0.358 e. The average Bonchev–Trinajstić information content (AvgIpc) is 3.03. The molecule has 0 saturated carbocycles. The van der Waals surface area contributed by atoms with Gasteiger partial charge >= 0.3 is 0 Å². The number of hydrogen-bond donors (Lipinski definition) is 1. The lowest BCUT2D eigenvalue weighted by atomic mass is 9.94. The fourth-order valence-electron chi connectivity index (χ4n) is 4.39. The van der Waals surface area contributed by atoms with Crippen molar-refractivity contribution < 1.29 is 0 Å². The molecule has 0 spiro atoms. The van der Waals surface area contributed by atoms with Gasteiger partial charge in [0, 0.05) is 35.7 Å². The summed E-state index contributed by atoms with van der Waals surface area (Å²) in [6.45, 7) is 6.69. The smallest absolute Gasteiger partial charge is 0.0459 e. The molecule has 1 unspecified atom stereocenters. The first-order valence-electron chi connectivity index (χ1n) is 9.83. The van der Waals surface area contributed by atoms with Crippen LogP contribution in [0, 0.1) is 6.92 Å². The Morgan fingerprint density at radius 1 is 1.04 bits per heavy atom.